The highest BCUT2D eigenvalue weighted by atomic mass is 32.2. The van der Waals surface area contributed by atoms with Gasteiger partial charge in [-0.25, -0.2) is 13.6 Å². The van der Waals surface area contributed by atoms with Crippen molar-refractivity contribution in [3.05, 3.63) is 29.3 Å². The van der Waals surface area contributed by atoms with Gasteiger partial charge in [-0.15, -0.1) is 0 Å². The molecular formula is C14H20N2O3S. The van der Waals surface area contributed by atoms with Crippen molar-refractivity contribution in [3.63, 3.8) is 0 Å². The fourth-order valence-corrected chi connectivity index (χ4v) is 3.15. The van der Waals surface area contributed by atoms with E-state index in [-0.39, 0.29) is 16.2 Å². The molecule has 0 bridgehead atoms. The van der Waals surface area contributed by atoms with Crippen molar-refractivity contribution < 1.29 is 13.2 Å². The number of nitrogens with zero attached hydrogens (tertiary/aromatic N) is 1. The number of likely N-dealkylation sites (tertiary alicyclic amines) is 1. The predicted octanol–water partition coefficient (Wildman–Crippen LogP) is 1.51. The van der Waals surface area contributed by atoms with E-state index in [1.54, 1.807) is 17.9 Å². The first-order valence-electron chi connectivity index (χ1n) is 6.52. The highest BCUT2D eigenvalue weighted by Gasteiger charge is 2.32. The van der Waals surface area contributed by atoms with E-state index in [4.69, 9.17) is 5.14 Å². The van der Waals surface area contributed by atoms with Crippen LogP contribution in [0.25, 0.3) is 0 Å². The van der Waals surface area contributed by atoms with Crippen LogP contribution in [0.4, 0.5) is 0 Å². The topological polar surface area (TPSA) is 80.5 Å². The number of rotatable bonds is 2. The fraction of sp³-hybridized carbons (Fsp3) is 0.500. The van der Waals surface area contributed by atoms with Gasteiger partial charge in [0.05, 0.1) is 4.90 Å². The third-order valence-corrected chi connectivity index (χ3v) is 4.48. The summed E-state index contributed by atoms with van der Waals surface area (Å²) < 4.78 is 22.9. The number of sulfonamides is 1. The van der Waals surface area contributed by atoms with Gasteiger partial charge in [0.2, 0.25) is 10.0 Å². The molecule has 1 amide bonds. The van der Waals surface area contributed by atoms with E-state index in [2.05, 4.69) is 13.8 Å². The van der Waals surface area contributed by atoms with Crippen molar-refractivity contribution in [3.8, 4) is 0 Å². The lowest BCUT2D eigenvalue weighted by Gasteiger charge is -2.20. The molecule has 5 nitrogen and oxygen atoms in total. The molecule has 0 saturated carbocycles. The van der Waals surface area contributed by atoms with Crippen LogP contribution in [0.1, 0.15) is 36.2 Å². The lowest BCUT2D eigenvalue weighted by Crippen LogP contribution is -2.30. The molecule has 0 atom stereocenters. The molecule has 1 aromatic carbocycles. The summed E-state index contributed by atoms with van der Waals surface area (Å²) in [5.74, 6) is -0.135. The van der Waals surface area contributed by atoms with Crippen LogP contribution in [0.5, 0.6) is 0 Å². The Hall–Kier alpha value is -1.40. The van der Waals surface area contributed by atoms with Crippen molar-refractivity contribution in [2.24, 2.45) is 10.6 Å². The smallest absolute Gasteiger partial charge is 0.253 e. The number of aryl methyl sites for hydroxylation is 1. The predicted molar refractivity (Wildman–Crippen MR) is 76.9 cm³/mol. The quantitative estimate of drug-likeness (QED) is 0.898. The van der Waals surface area contributed by atoms with Gasteiger partial charge in [0.25, 0.3) is 5.91 Å². The van der Waals surface area contributed by atoms with Gasteiger partial charge in [0.1, 0.15) is 0 Å². The van der Waals surface area contributed by atoms with Crippen LogP contribution in [0.2, 0.25) is 0 Å². The maximum absolute atomic E-state index is 12.5. The number of benzene rings is 1. The van der Waals surface area contributed by atoms with E-state index in [0.29, 0.717) is 24.2 Å². The van der Waals surface area contributed by atoms with Gasteiger partial charge in [-0.2, -0.15) is 0 Å². The largest absolute Gasteiger partial charge is 0.338 e. The zero-order valence-electron chi connectivity index (χ0n) is 12.0. The highest BCUT2D eigenvalue weighted by molar-refractivity contribution is 7.89. The summed E-state index contributed by atoms with van der Waals surface area (Å²) in [5.41, 5.74) is 1.20. The number of hydrogen-bond acceptors (Lipinski definition) is 3. The number of primary sulfonamides is 1. The minimum Gasteiger partial charge on any atom is -0.338 e. The molecule has 1 aromatic rings. The molecular weight excluding hydrogens is 276 g/mol. The van der Waals surface area contributed by atoms with Crippen molar-refractivity contribution in [2.75, 3.05) is 13.1 Å². The highest BCUT2D eigenvalue weighted by Crippen LogP contribution is 2.30. The third kappa shape index (κ3) is 3.19. The fourth-order valence-electron chi connectivity index (χ4n) is 2.50. The summed E-state index contributed by atoms with van der Waals surface area (Å²) in [6.07, 6.45) is 0.951. The summed E-state index contributed by atoms with van der Waals surface area (Å²) in [6, 6.07) is 4.53. The first-order valence-corrected chi connectivity index (χ1v) is 8.07. The van der Waals surface area contributed by atoms with E-state index in [0.717, 1.165) is 6.42 Å². The van der Waals surface area contributed by atoms with E-state index < -0.39 is 10.0 Å². The number of nitrogens with two attached hydrogens (primary N) is 1. The second-order valence-corrected chi connectivity index (χ2v) is 7.78. The Morgan fingerprint density at radius 2 is 1.95 bits per heavy atom. The van der Waals surface area contributed by atoms with Crippen LogP contribution < -0.4 is 5.14 Å². The molecule has 1 aliphatic heterocycles. The van der Waals surface area contributed by atoms with Gasteiger partial charge in [0, 0.05) is 18.7 Å². The first kappa shape index (κ1) is 15.0. The van der Waals surface area contributed by atoms with Crippen LogP contribution in [0, 0.1) is 12.3 Å². The molecule has 0 unspecified atom stereocenters. The Morgan fingerprint density at radius 3 is 2.45 bits per heavy atom. The Morgan fingerprint density at radius 1 is 1.30 bits per heavy atom. The second kappa shape index (κ2) is 4.86. The molecule has 6 heteroatoms. The van der Waals surface area contributed by atoms with Crippen molar-refractivity contribution in [2.45, 2.75) is 32.1 Å². The average molecular weight is 296 g/mol. The summed E-state index contributed by atoms with van der Waals surface area (Å²) in [7, 11) is -3.80. The maximum Gasteiger partial charge on any atom is 0.253 e. The minimum atomic E-state index is -3.80. The van der Waals surface area contributed by atoms with Crippen LogP contribution in [-0.4, -0.2) is 32.3 Å². The van der Waals surface area contributed by atoms with E-state index >= 15 is 0 Å². The van der Waals surface area contributed by atoms with Gasteiger partial charge >= 0.3 is 0 Å². The standard InChI is InChI=1S/C14H20N2O3S/c1-10-6-11(8-12(7-10)20(15,18)19)13(17)16-5-4-14(2,3)9-16/h6-8H,4-5,9H2,1-3H3,(H2,15,18,19). The molecule has 0 aliphatic carbocycles. The van der Waals surface area contributed by atoms with Crippen LogP contribution >= 0.6 is 0 Å². The maximum atomic E-state index is 12.5. The molecule has 110 valence electrons. The zero-order valence-corrected chi connectivity index (χ0v) is 12.8. The molecule has 0 spiro atoms. The Kier molecular flexibility index (Phi) is 3.64. The van der Waals surface area contributed by atoms with Gasteiger partial charge in [0.15, 0.2) is 0 Å². The second-order valence-electron chi connectivity index (χ2n) is 6.22. The van der Waals surface area contributed by atoms with Crippen LogP contribution in [0.15, 0.2) is 23.1 Å². The molecule has 1 heterocycles. The average Bonchev–Trinajstić information content (AvgIpc) is 2.67. The lowest BCUT2D eigenvalue weighted by atomic mass is 9.93. The van der Waals surface area contributed by atoms with Crippen LogP contribution in [0.3, 0.4) is 0 Å². The first-order chi connectivity index (χ1) is 9.08. The van der Waals surface area contributed by atoms with E-state index in [1.165, 1.54) is 12.1 Å². The van der Waals surface area contributed by atoms with E-state index in [9.17, 15) is 13.2 Å². The van der Waals surface area contributed by atoms with Crippen LogP contribution in [-0.2, 0) is 10.0 Å². The number of carbonyl (C=O) groups excluding carboxylic acids is 1. The molecule has 20 heavy (non-hydrogen) atoms. The van der Waals surface area contributed by atoms with Gasteiger partial charge < -0.3 is 4.90 Å². The molecule has 0 radical (unpaired) electrons. The Labute approximate surface area is 119 Å². The number of hydrogen-bond donors (Lipinski definition) is 1. The van der Waals surface area contributed by atoms with Gasteiger partial charge in [-0.3, -0.25) is 4.79 Å². The zero-order chi connectivity index (χ0) is 15.1. The van der Waals surface area contributed by atoms with Crippen molar-refractivity contribution >= 4 is 15.9 Å². The normalized spacial score (nSPS) is 18.3. The number of amides is 1. The minimum absolute atomic E-state index is 0.0145. The number of carbonyl (C=O) groups is 1. The third-order valence-electron chi connectivity index (χ3n) is 3.59. The van der Waals surface area contributed by atoms with Gasteiger partial charge in [-0.05, 0) is 42.5 Å². The molecule has 0 aromatic heterocycles. The summed E-state index contributed by atoms with van der Waals surface area (Å²) in [6.45, 7) is 7.37. The molecule has 1 saturated heterocycles. The summed E-state index contributed by atoms with van der Waals surface area (Å²) in [5, 5.41) is 5.14. The SMILES string of the molecule is Cc1cc(C(=O)N2CCC(C)(C)C2)cc(S(N)(=O)=O)c1. The molecule has 1 aliphatic rings. The molecule has 2 rings (SSSR count). The van der Waals surface area contributed by atoms with Crippen molar-refractivity contribution in [1.82, 2.24) is 4.90 Å². The van der Waals surface area contributed by atoms with Gasteiger partial charge in [-0.1, -0.05) is 13.8 Å². The van der Waals surface area contributed by atoms with E-state index in [1.807, 2.05) is 0 Å². The van der Waals surface area contributed by atoms with Crippen molar-refractivity contribution in [1.29, 1.82) is 0 Å². The summed E-state index contributed by atoms with van der Waals surface area (Å²) >= 11 is 0. The molecule has 2 N–H and O–H groups in total. The Bertz CT molecular complexity index is 650. The Balaban J connectivity index is 2.34. The molecule has 1 fully saturated rings. The monoisotopic (exact) mass is 296 g/mol. The lowest BCUT2D eigenvalue weighted by molar-refractivity contribution is 0.0778. The summed E-state index contributed by atoms with van der Waals surface area (Å²) in [4.78, 5) is 14.2.